The van der Waals surface area contributed by atoms with Gasteiger partial charge in [-0.05, 0) is 83.9 Å². The van der Waals surface area contributed by atoms with Crippen LogP contribution in [0.2, 0.25) is 0 Å². The highest BCUT2D eigenvalue weighted by atomic mass is 32.1. The molecule has 218 valence electrons. The van der Waals surface area contributed by atoms with Crippen LogP contribution in [-0.2, 0) is 0 Å². The van der Waals surface area contributed by atoms with Crippen LogP contribution in [-0.4, -0.2) is 14.1 Å². The molecule has 0 radical (unpaired) electrons. The van der Waals surface area contributed by atoms with Gasteiger partial charge in [-0.1, -0.05) is 66.7 Å². The molecule has 0 atom stereocenters. The van der Waals surface area contributed by atoms with E-state index in [1.807, 2.05) is 35.7 Å². The average molecular weight is 617 g/mol. The van der Waals surface area contributed by atoms with Crippen molar-refractivity contribution in [2.45, 2.75) is 0 Å². The summed E-state index contributed by atoms with van der Waals surface area (Å²) in [6.45, 7) is 0. The highest BCUT2D eigenvalue weighted by molar-refractivity contribution is 7.25. The van der Waals surface area contributed by atoms with Crippen molar-refractivity contribution in [3.63, 3.8) is 0 Å². The molecule has 0 aliphatic rings. The number of nitriles is 1. The molecule has 6 aromatic carbocycles. The number of aromatic nitrogens is 3. The van der Waals surface area contributed by atoms with E-state index >= 15 is 0 Å². The summed E-state index contributed by atoms with van der Waals surface area (Å²) in [4.78, 5) is 4.89. The van der Waals surface area contributed by atoms with Crippen LogP contribution >= 0.6 is 11.3 Å². The number of hydrogen-bond acceptors (Lipinski definition) is 3. The normalized spacial score (nSPS) is 11.8. The fourth-order valence-corrected chi connectivity index (χ4v) is 8.44. The highest BCUT2D eigenvalue weighted by Crippen LogP contribution is 2.41. The molecule has 0 aliphatic heterocycles. The van der Waals surface area contributed by atoms with Crippen LogP contribution in [0.1, 0.15) is 5.56 Å². The van der Waals surface area contributed by atoms with E-state index in [4.69, 9.17) is 4.98 Å². The molecule has 4 aromatic heterocycles. The van der Waals surface area contributed by atoms with Crippen LogP contribution in [0, 0.1) is 11.3 Å². The lowest BCUT2D eigenvalue weighted by molar-refractivity contribution is 1.14. The fraction of sp³-hybridized carbons (Fsp3) is 0. The van der Waals surface area contributed by atoms with Gasteiger partial charge in [-0.15, -0.1) is 11.3 Å². The minimum Gasteiger partial charge on any atom is -0.309 e. The van der Waals surface area contributed by atoms with E-state index in [0.717, 1.165) is 50.1 Å². The molecule has 0 spiro atoms. The van der Waals surface area contributed by atoms with Crippen molar-refractivity contribution < 1.29 is 0 Å². The van der Waals surface area contributed by atoms with Crippen LogP contribution in [0.25, 0.3) is 86.4 Å². The van der Waals surface area contributed by atoms with E-state index in [9.17, 15) is 5.26 Å². The zero-order chi connectivity index (χ0) is 31.1. The van der Waals surface area contributed by atoms with Crippen LogP contribution in [0.4, 0.5) is 0 Å². The third kappa shape index (κ3) is 3.83. The maximum absolute atomic E-state index is 10.2. The van der Waals surface area contributed by atoms with Crippen LogP contribution in [0.15, 0.2) is 146 Å². The Morgan fingerprint density at radius 3 is 2.02 bits per heavy atom. The number of para-hydroxylation sites is 2. The lowest BCUT2D eigenvalue weighted by Gasteiger charge is -2.13. The third-order valence-corrected chi connectivity index (χ3v) is 10.5. The third-order valence-electron chi connectivity index (χ3n) is 9.35. The minimum absolute atomic E-state index is 0.621. The van der Waals surface area contributed by atoms with E-state index in [1.54, 1.807) is 0 Å². The van der Waals surface area contributed by atoms with Crippen LogP contribution in [0.5, 0.6) is 0 Å². The van der Waals surface area contributed by atoms with Gasteiger partial charge in [-0.2, -0.15) is 5.26 Å². The number of nitrogens with zero attached hydrogens (tertiary/aromatic N) is 4. The van der Waals surface area contributed by atoms with Crippen LogP contribution < -0.4 is 0 Å². The largest absolute Gasteiger partial charge is 0.309 e. The Morgan fingerprint density at radius 1 is 0.489 bits per heavy atom. The Balaban J connectivity index is 1.20. The van der Waals surface area contributed by atoms with Crippen molar-refractivity contribution in [3.8, 4) is 28.6 Å². The number of fused-ring (bicyclic) bond motifs is 9. The molecule has 4 nitrogen and oxygen atoms in total. The summed E-state index contributed by atoms with van der Waals surface area (Å²) in [6, 6.07) is 51.6. The molecule has 47 heavy (non-hydrogen) atoms. The van der Waals surface area contributed by atoms with Gasteiger partial charge < -0.3 is 4.57 Å². The Labute approximate surface area is 273 Å². The molecule has 10 rings (SSSR count). The van der Waals surface area contributed by atoms with Gasteiger partial charge in [0.2, 0.25) is 0 Å². The SMILES string of the molecule is N#Cc1cc(-c2cccc(-n3c4cc5sc6ccccc6c5cc4c4cccnc43)c2)cc(-n2c3ccccc3c3ccccc32)c1. The van der Waals surface area contributed by atoms with E-state index < -0.39 is 0 Å². The van der Waals surface area contributed by atoms with Crippen LogP contribution in [0.3, 0.4) is 0 Å². The Bertz CT molecular complexity index is 2880. The van der Waals surface area contributed by atoms with Crippen molar-refractivity contribution in [3.05, 3.63) is 151 Å². The van der Waals surface area contributed by atoms with E-state index in [0.29, 0.717) is 5.56 Å². The predicted molar refractivity (Wildman–Crippen MR) is 196 cm³/mol. The van der Waals surface area contributed by atoms with Gasteiger partial charge in [-0.3, -0.25) is 4.57 Å². The number of thiophene rings is 1. The zero-order valence-electron chi connectivity index (χ0n) is 25.1. The molecule has 0 bridgehead atoms. The summed E-state index contributed by atoms with van der Waals surface area (Å²) in [5, 5.41) is 17.4. The lowest BCUT2D eigenvalue weighted by Crippen LogP contribution is -1.97. The van der Waals surface area contributed by atoms with Gasteiger partial charge in [0, 0.05) is 59.3 Å². The summed E-state index contributed by atoms with van der Waals surface area (Å²) in [5.74, 6) is 0. The van der Waals surface area contributed by atoms with E-state index in [-0.39, 0.29) is 0 Å². The highest BCUT2D eigenvalue weighted by Gasteiger charge is 2.18. The second-order valence-electron chi connectivity index (χ2n) is 12.0. The summed E-state index contributed by atoms with van der Waals surface area (Å²) in [7, 11) is 0. The van der Waals surface area contributed by atoms with Crippen molar-refractivity contribution in [1.82, 2.24) is 14.1 Å². The summed E-state index contributed by atoms with van der Waals surface area (Å²) in [5.41, 5.74) is 8.94. The molecule has 0 amide bonds. The number of rotatable bonds is 3. The maximum Gasteiger partial charge on any atom is 0.145 e. The Kier molecular flexibility index (Phi) is 5.48. The molecular weight excluding hydrogens is 593 g/mol. The van der Waals surface area contributed by atoms with Gasteiger partial charge in [0.15, 0.2) is 0 Å². The minimum atomic E-state index is 0.621. The zero-order valence-corrected chi connectivity index (χ0v) is 25.9. The number of pyridine rings is 1. The fourth-order valence-electron chi connectivity index (χ4n) is 7.32. The van der Waals surface area contributed by atoms with Gasteiger partial charge >= 0.3 is 0 Å². The smallest absolute Gasteiger partial charge is 0.145 e. The quantitative estimate of drug-likeness (QED) is 0.198. The molecule has 0 saturated heterocycles. The molecule has 5 heteroatoms. The Morgan fingerprint density at radius 2 is 1.21 bits per heavy atom. The van der Waals surface area contributed by atoms with Gasteiger partial charge in [0.1, 0.15) is 5.65 Å². The molecule has 10 aromatic rings. The molecule has 0 fully saturated rings. The van der Waals surface area contributed by atoms with E-state index in [1.165, 1.54) is 36.3 Å². The van der Waals surface area contributed by atoms with Crippen molar-refractivity contribution in [2.75, 3.05) is 0 Å². The first kappa shape index (κ1) is 26.0. The molecule has 0 saturated carbocycles. The first-order valence-corrected chi connectivity index (χ1v) is 16.4. The van der Waals surface area contributed by atoms with Crippen molar-refractivity contribution in [2.24, 2.45) is 0 Å². The molecular formula is C42H24N4S. The topological polar surface area (TPSA) is 46.5 Å². The second-order valence-corrected chi connectivity index (χ2v) is 13.1. The first-order valence-electron chi connectivity index (χ1n) is 15.6. The molecule has 0 unspecified atom stereocenters. The number of benzene rings is 6. The molecule has 0 N–H and O–H groups in total. The lowest BCUT2D eigenvalue weighted by atomic mass is 10.0. The van der Waals surface area contributed by atoms with Crippen molar-refractivity contribution >= 4 is 75.3 Å². The Hall–Kier alpha value is -6.22. The average Bonchev–Trinajstić information content (AvgIpc) is 3.77. The monoisotopic (exact) mass is 616 g/mol. The molecule has 4 heterocycles. The summed E-state index contributed by atoms with van der Waals surface area (Å²) in [6.07, 6.45) is 1.87. The van der Waals surface area contributed by atoms with Gasteiger partial charge in [-0.25, -0.2) is 4.98 Å². The summed E-state index contributed by atoms with van der Waals surface area (Å²) >= 11 is 1.83. The second kappa shape index (κ2) is 9.89. The first-order chi connectivity index (χ1) is 23.2. The standard InChI is InChI=1S/C42H24N4S/c43-25-26-19-28(22-30(20-26)45-37-15-4-1-11-31(37)32-12-2-5-16-38(32)45)27-9-7-10-29(21-27)46-39-24-41-36(33-13-3-6-17-40(33)47-41)23-35(39)34-14-8-18-44-42(34)46/h1-24H. The predicted octanol–water partition coefficient (Wildman–Crippen LogP) is 11.2. The summed E-state index contributed by atoms with van der Waals surface area (Å²) < 4.78 is 7.10. The van der Waals surface area contributed by atoms with Gasteiger partial charge in [0.25, 0.3) is 0 Å². The van der Waals surface area contributed by atoms with Gasteiger partial charge in [0.05, 0.1) is 28.2 Å². The van der Waals surface area contributed by atoms with E-state index in [2.05, 4.69) is 137 Å². The maximum atomic E-state index is 10.2. The van der Waals surface area contributed by atoms with Crippen molar-refractivity contribution in [1.29, 1.82) is 5.26 Å². The number of hydrogen-bond donors (Lipinski definition) is 0. The molecule has 0 aliphatic carbocycles.